The van der Waals surface area contributed by atoms with Gasteiger partial charge in [-0.3, -0.25) is 9.59 Å². The van der Waals surface area contributed by atoms with E-state index in [0.717, 1.165) is 4.90 Å². The number of amides is 2. The Morgan fingerprint density at radius 2 is 1.52 bits per heavy atom. The van der Waals surface area contributed by atoms with Gasteiger partial charge in [-0.25, -0.2) is 9.29 Å². The molecule has 0 saturated carbocycles. The molecule has 3 nitrogen and oxygen atoms in total. The highest BCUT2D eigenvalue weighted by Crippen LogP contribution is 2.35. The van der Waals surface area contributed by atoms with Gasteiger partial charge in [0, 0.05) is 5.02 Å². The molecule has 1 aliphatic rings. The van der Waals surface area contributed by atoms with Gasteiger partial charge < -0.3 is 0 Å². The zero-order valence-corrected chi connectivity index (χ0v) is 13.6. The summed E-state index contributed by atoms with van der Waals surface area (Å²) in [6, 6.07) is 7.40. The molecule has 0 spiro atoms. The molecule has 2 amide bonds. The van der Waals surface area contributed by atoms with E-state index < -0.39 is 11.8 Å². The van der Waals surface area contributed by atoms with Crippen LogP contribution in [0.2, 0.25) is 5.02 Å². The fourth-order valence-corrected chi connectivity index (χ4v) is 3.13. The lowest BCUT2D eigenvalue weighted by molar-refractivity contribution is 0.0925. The summed E-state index contributed by atoms with van der Waals surface area (Å²) in [7, 11) is 0. The first-order valence-corrected chi connectivity index (χ1v) is 7.85. The Hall–Kier alpha value is -2.20. The summed E-state index contributed by atoms with van der Waals surface area (Å²) in [6.07, 6.45) is 1.04. The van der Waals surface area contributed by atoms with E-state index in [4.69, 9.17) is 11.6 Å². The molecule has 0 saturated heterocycles. The number of imide groups is 1. The van der Waals surface area contributed by atoms with Crippen molar-refractivity contribution in [3.05, 3.63) is 63.4 Å². The summed E-state index contributed by atoms with van der Waals surface area (Å²) in [5.41, 5.74) is 2.40. The largest absolute Gasteiger partial charge is 0.268 e. The predicted octanol–water partition coefficient (Wildman–Crippen LogP) is 4.40. The van der Waals surface area contributed by atoms with Crippen molar-refractivity contribution in [1.82, 2.24) is 0 Å². The van der Waals surface area contributed by atoms with Gasteiger partial charge in [0.1, 0.15) is 5.82 Å². The minimum Gasteiger partial charge on any atom is -0.268 e. The Balaban J connectivity index is 2.21. The van der Waals surface area contributed by atoms with Crippen molar-refractivity contribution in [1.29, 1.82) is 0 Å². The molecule has 5 heteroatoms. The first-order valence-electron chi connectivity index (χ1n) is 7.47. The summed E-state index contributed by atoms with van der Waals surface area (Å²) < 4.78 is 13.8. The van der Waals surface area contributed by atoms with Crippen LogP contribution in [0.5, 0.6) is 0 Å². The molecule has 0 N–H and O–H groups in total. The van der Waals surface area contributed by atoms with Gasteiger partial charge in [0.15, 0.2) is 0 Å². The van der Waals surface area contributed by atoms with Crippen molar-refractivity contribution in [2.75, 3.05) is 4.90 Å². The van der Waals surface area contributed by atoms with Gasteiger partial charge in [0.05, 0.1) is 16.8 Å². The Morgan fingerprint density at radius 1 is 0.957 bits per heavy atom. The number of aryl methyl sites for hydroxylation is 2. The Bertz CT molecular complexity index is 807. The van der Waals surface area contributed by atoms with Gasteiger partial charge in [-0.2, -0.15) is 0 Å². The summed E-state index contributed by atoms with van der Waals surface area (Å²) in [4.78, 5) is 26.6. The van der Waals surface area contributed by atoms with E-state index in [0.29, 0.717) is 40.2 Å². The zero-order chi connectivity index (χ0) is 16.7. The van der Waals surface area contributed by atoms with Gasteiger partial charge in [-0.15, -0.1) is 0 Å². The van der Waals surface area contributed by atoms with Crippen LogP contribution in [0.4, 0.5) is 10.1 Å². The van der Waals surface area contributed by atoms with Crippen LogP contribution in [0.3, 0.4) is 0 Å². The van der Waals surface area contributed by atoms with Crippen LogP contribution in [-0.2, 0) is 12.8 Å². The molecule has 0 aromatic heterocycles. The number of halogens is 2. The van der Waals surface area contributed by atoms with Crippen molar-refractivity contribution < 1.29 is 14.0 Å². The number of anilines is 1. The lowest BCUT2D eigenvalue weighted by atomic mass is 10.0. The summed E-state index contributed by atoms with van der Waals surface area (Å²) in [6.45, 7) is 3.74. The van der Waals surface area contributed by atoms with Crippen LogP contribution < -0.4 is 4.90 Å². The number of hydrogen-bond donors (Lipinski definition) is 0. The molecule has 0 unspecified atom stereocenters. The molecule has 23 heavy (non-hydrogen) atoms. The van der Waals surface area contributed by atoms with Gasteiger partial charge in [0.2, 0.25) is 0 Å². The zero-order valence-electron chi connectivity index (χ0n) is 12.8. The maximum atomic E-state index is 13.8. The number of carbonyl (C=O) groups is 2. The van der Waals surface area contributed by atoms with Crippen LogP contribution in [0, 0.1) is 5.82 Å². The molecule has 118 valence electrons. The molecular formula is C18H15ClFNO2. The highest BCUT2D eigenvalue weighted by Gasteiger charge is 2.38. The van der Waals surface area contributed by atoms with Gasteiger partial charge in [-0.05, 0) is 54.3 Å². The van der Waals surface area contributed by atoms with Crippen molar-refractivity contribution in [3.63, 3.8) is 0 Å². The smallest absolute Gasteiger partial charge is 0.266 e. The summed E-state index contributed by atoms with van der Waals surface area (Å²) in [5.74, 6) is -1.16. The van der Waals surface area contributed by atoms with Crippen LogP contribution in [0.1, 0.15) is 45.7 Å². The molecule has 2 aromatic carbocycles. The molecule has 3 rings (SSSR count). The second-order valence-electron chi connectivity index (χ2n) is 5.42. The van der Waals surface area contributed by atoms with E-state index in [1.54, 1.807) is 12.1 Å². The monoisotopic (exact) mass is 331 g/mol. The van der Waals surface area contributed by atoms with Crippen LogP contribution in [0.15, 0.2) is 30.3 Å². The molecule has 1 aliphatic heterocycles. The Morgan fingerprint density at radius 3 is 2.09 bits per heavy atom. The quantitative estimate of drug-likeness (QED) is 0.781. The van der Waals surface area contributed by atoms with Gasteiger partial charge in [0.25, 0.3) is 11.8 Å². The molecule has 0 fully saturated rings. The number of fused-ring (bicyclic) bond motifs is 1. The number of hydrogen-bond acceptors (Lipinski definition) is 2. The standard InChI is InChI=1S/C18H15ClFNO2/c1-3-10-7-13(20)8-11(4-2)16(10)21-17(22)14-6-5-12(19)9-15(14)18(21)23/h5-9H,3-4H2,1-2H3. The minimum absolute atomic E-state index is 0.288. The first-order chi connectivity index (χ1) is 11.0. The molecular weight excluding hydrogens is 317 g/mol. The number of benzene rings is 2. The number of carbonyl (C=O) groups excluding carboxylic acids is 2. The van der Waals surface area contributed by atoms with Crippen LogP contribution in [-0.4, -0.2) is 11.8 Å². The van der Waals surface area contributed by atoms with E-state index in [-0.39, 0.29) is 11.4 Å². The van der Waals surface area contributed by atoms with Crippen molar-refractivity contribution >= 4 is 29.1 Å². The SMILES string of the molecule is CCc1cc(F)cc(CC)c1N1C(=O)c2ccc(Cl)cc2C1=O. The van der Waals surface area contributed by atoms with Gasteiger partial charge in [-0.1, -0.05) is 25.4 Å². The highest BCUT2D eigenvalue weighted by atomic mass is 35.5. The first kappa shape index (κ1) is 15.7. The fourth-order valence-electron chi connectivity index (χ4n) is 2.96. The lowest BCUT2D eigenvalue weighted by Crippen LogP contribution is -2.31. The van der Waals surface area contributed by atoms with Crippen molar-refractivity contribution in [2.24, 2.45) is 0 Å². The topological polar surface area (TPSA) is 37.4 Å². The van der Waals surface area contributed by atoms with E-state index in [9.17, 15) is 14.0 Å². The number of rotatable bonds is 3. The maximum absolute atomic E-state index is 13.8. The van der Waals surface area contributed by atoms with Crippen molar-refractivity contribution in [3.8, 4) is 0 Å². The van der Waals surface area contributed by atoms with E-state index in [1.807, 2.05) is 13.8 Å². The van der Waals surface area contributed by atoms with E-state index >= 15 is 0 Å². The average molecular weight is 332 g/mol. The highest BCUT2D eigenvalue weighted by molar-refractivity contribution is 6.37. The third-order valence-electron chi connectivity index (χ3n) is 4.07. The second-order valence-corrected chi connectivity index (χ2v) is 5.85. The third-order valence-corrected chi connectivity index (χ3v) is 4.30. The molecule has 0 atom stereocenters. The molecule has 0 aliphatic carbocycles. The fraction of sp³-hybridized carbons (Fsp3) is 0.222. The molecule has 0 bridgehead atoms. The average Bonchev–Trinajstić information content (AvgIpc) is 2.77. The maximum Gasteiger partial charge on any atom is 0.266 e. The van der Waals surface area contributed by atoms with E-state index in [1.165, 1.54) is 18.2 Å². The molecule has 2 aromatic rings. The van der Waals surface area contributed by atoms with Crippen molar-refractivity contribution in [2.45, 2.75) is 26.7 Å². The molecule has 0 radical (unpaired) electrons. The lowest BCUT2D eigenvalue weighted by Gasteiger charge is -2.21. The number of nitrogens with zero attached hydrogens (tertiary/aromatic N) is 1. The van der Waals surface area contributed by atoms with Crippen LogP contribution in [0.25, 0.3) is 0 Å². The predicted molar refractivity (Wildman–Crippen MR) is 87.7 cm³/mol. The Kier molecular flexibility index (Phi) is 3.94. The summed E-state index contributed by atoms with van der Waals surface area (Å²) in [5, 5.41) is 0.400. The van der Waals surface area contributed by atoms with Crippen LogP contribution >= 0.6 is 11.6 Å². The molecule has 1 heterocycles. The Labute approximate surface area is 138 Å². The second kappa shape index (κ2) is 5.78. The minimum atomic E-state index is -0.413. The van der Waals surface area contributed by atoms with Gasteiger partial charge >= 0.3 is 0 Å². The normalized spacial score (nSPS) is 13.7. The van der Waals surface area contributed by atoms with E-state index in [2.05, 4.69) is 0 Å². The summed E-state index contributed by atoms with van der Waals surface area (Å²) >= 11 is 5.94. The third kappa shape index (κ3) is 2.43.